The zero-order valence-corrected chi connectivity index (χ0v) is 19.1. The van der Waals surface area contributed by atoms with E-state index in [0.717, 1.165) is 10.1 Å². The number of nitrogens with one attached hydrogen (secondary N) is 1. The Kier molecular flexibility index (Phi) is 5.98. The van der Waals surface area contributed by atoms with Crippen molar-refractivity contribution in [3.05, 3.63) is 56.3 Å². The molecule has 4 aromatic rings. The summed E-state index contributed by atoms with van der Waals surface area (Å²) in [6, 6.07) is 5.95. The molecule has 0 saturated carbocycles. The third-order valence-corrected chi connectivity index (χ3v) is 6.59. The molecule has 1 amide bonds. The molecule has 9 nitrogen and oxygen atoms in total. The van der Waals surface area contributed by atoms with Gasteiger partial charge in [0, 0.05) is 31.6 Å². The Morgan fingerprint density at radius 2 is 1.88 bits per heavy atom. The van der Waals surface area contributed by atoms with Crippen molar-refractivity contribution in [2.24, 2.45) is 14.1 Å². The number of thioether (sulfide) groups is 1. The Bertz CT molecular complexity index is 1430. The van der Waals surface area contributed by atoms with Gasteiger partial charge in [-0.15, -0.1) is 11.3 Å². The van der Waals surface area contributed by atoms with Gasteiger partial charge in [0.05, 0.1) is 11.4 Å². The summed E-state index contributed by atoms with van der Waals surface area (Å²) in [6.45, 7) is 2.32. The summed E-state index contributed by atoms with van der Waals surface area (Å²) in [4.78, 5) is 46.0. The number of aryl methyl sites for hydroxylation is 2. The number of imidazole rings is 1. The van der Waals surface area contributed by atoms with Gasteiger partial charge in [0.25, 0.3) is 5.56 Å². The predicted octanol–water partition coefficient (Wildman–Crippen LogP) is 2.45. The molecule has 1 aromatic carbocycles. The minimum absolute atomic E-state index is 0.0447. The van der Waals surface area contributed by atoms with Crippen molar-refractivity contribution in [2.45, 2.75) is 18.6 Å². The maximum Gasteiger partial charge on any atom is 0.332 e. The van der Waals surface area contributed by atoms with Crippen LogP contribution in [0.15, 0.2) is 44.4 Å². The van der Waals surface area contributed by atoms with E-state index >= 15 is 0 Å². The highest BCUT2D eigenvalue weighted by molar-refractivity contribution is 7.99. The van der Waals surface area contributed by atoms with Gasteiger partial charge in [-0.1, -0.05) is 11.8 Å². The van der Waals surface area contributed by atoms with Crippen molar-refractivity contribution in [3.8, 4) is 11.3 Å². The minimum atomic E-state index is -0.460. The minimum Gasteiger partial charge on any atom is -0.313 e. The van der Waals surface area contributed by atoms with E-state index in [1.807, 2.05) is 6.92 Å². The normalized spacial score (nSPS) is 11.2. The number of aromatic nitrogens is 5. The molecule has 0 fully saturated rings. The largest absolute Gasteiger partial charge is 0.332 e. The molecule has 0 radical (unpaired) electrons. The van der Waals surface area contributed by atoms with E-state index in [-0.39, 0.29) is 23.1 Å². The van der Waals surface area contributed by atoms with Crippen LogP contribution < -0.4 is 16.6 Å². The summed E-state index contributed by atoms with van der Waals surface area (Å²) in [5.41, 5.74) is 1.11. The molecule has 12 heteroatoms. The Labute approximate surface area is 189 Å². The van der Waals surface area contributed by atoms with Gasteiger partial charge in [-0.05, 0) is 31.2 Å². The van der Waals surface area contributed by atoms with Gasteiger partial charge in [-0.25, -0.2) is 19.2 Å². The summed E-state index contributed by atoms with van der Waals surface area (Å²) in [5.74, 6) is -0.569. The Morgan fingerprint density at radius 3 is 2.56 bits per heavy atom. The lowest BCUT2D eigenvalue weighted by Crippen LogP contribution is -2.37. The van der Waals surface area contributed by atoms with Crippen molar-refractivity contribution in [1.29, 1.82) is 0 Å². The first-order chi connectivity index (χ1) is 15.3. The average molecular weight is 475 g/mol. The fourth-order valence-corrected chi connectivity index (χ4v) is 4.80. The van der Waals surface area contributed by atoms with Crippen molar-refractivity contribution in [2.75, 3.05) is 11.1 Å². The fraction of sp³-hybridized carbons (Fsp3) is 0.250. The van der Waals surface area contributed by atoms with Crippen LogP contribution in [0.5, 0.6) is 0 Å². The van der Waals surface area contributed by atoms with Gasteiger partial charge in [0.15, 0.2) is 21.5 Å². The molecule has 0 saturated heterocycles. The van der Waals surface area contributed by atoms with Crippen LogP contribution in [0.4, 0.5) is 9.52 Å². The molecule has 4 rings (SSSR count). The van der Waals surface area contributed by atoms with E-state index < -0.39 is 11.2 Å². The maximum atomic E-state index is 13.1. The second-order valence-corrected chi connectivity index (χ2v) is 8.70. The van der Waals surface area contributed by atoms with Gasteiger partial charge in [0.2, 0.25) is 5.91 Å². The van der Waals surface area contributed by atoms with Gasteiger partial charge >= 0.3 is 5.69 Å². The number of carbonyl (C=O) groups excluding carboxylic acids is 1. The van der Waals surface area contributed by atoms with Gasteiger partial charge < -0.3 is 9.88 Å². The van der Waals surface area contributed by atoms with E-state index in [0.29, 0.717) is 28.0 Å². The number of hydrogen-bond donors (Lipinski definition) is 1. The number of fused-ring (bicyclic) bond motifs is 1. The number of thiazole rings is 1. The first kappa shape index (κ1) is 22.0. The number of halogens is 1. The average Bonchev–Trinajstić information content (AvgIpc) is 3.39. The van der Waals surface area contributed by atoms with E-state index in [9.17, 15) is 18.8 Å². The van der Waals surface area contributed by atoms with Crippen LogP contribution in [0.2, 0.25) is 0 Å². The molecular weight excluding hydrogens is 455 g/mol. The highest BCUT2D eigenvalue weighted by Gasteiger charge is 2.19. The maximum absolute atomic E-state index is 13.1. The Morgan fingerprint density at radius 1 is 1.16 bits per heavy atom. The molecule has 0 aliphatic carbocycles. The summed E-state index contributed by atoms with van der Waals surface area (Å²) in [6.07, 6.45) is 0. The third-order valence-electron chi connectivity index (χ3n) is 4.85. The number of amides is 1. The molecule has 166 valence electrons. The van der Waals surface area contributed by atoms with Crippen LogP contribution in [0, 0.1) is 5.82 Å². The molecule has 0 spiro atoms. The number of hydrogen-bond acceptors (Lipinski definition) is 7. The van der Waals surface area contributed by atoms with Gasteiger partial charge in [0.1, 0.15) is 5.82 Å². The predicted molar refractivity (Wildman–Crippen MR) is 123 cm³/mol. The molecule has 0 aliphatic heterocycles. The van der Waals surface area contributed by atoms with Gasteiger partial charge in [-0.2, -0.15) is 0 Å². The van der Waals surface area contributed by atoms with Crippen molar-refractivity contribution >= 4 is 45.3 Å². The zero-order valence-electron chi connectivity index (χ0n) is 17.5. The number of benzene rings is 1. The quantitative estimate of drug-likeness (QED) is 0.431. The van der Waals surface area contributed by atoms with E-state index in [2.05, 4.69) is 15.3 Å². The first-order valence-corrected chi connectivity index (χ1v) is 11.5. The Hall–Kier alpha value is -3.25. The van der Waals surface area contributed by atoms with Crippen LogP contribution >= 0.6 is 23.1 Å². The number of rotatable bonds is 6. The monoisotopic (exact) mass is 474 g/mol. The second kappa shape index (κ2) is 8.71. The standard InChI is InChI=1S/C20H19FN6O3S2/c1-4-27-15-16(25(2)20(30)26(3)17(15)29)24-19(27)32-10-14(28)23-18-22-13(9-31-18)11-5-7-12(21)8-6-11/h5-9H,4,10H2,1-3H3,(H,22,23,28). The molecule has 0 aliphatic rings. The van der Waals surface area contributed by atoms with Crippen LogP contribution in [-0.4, -0.2) is 35.3 Å². The summed E-state index contributed by atoms with van der Waals surface area (Å²) in [5, 5.41) is 5.42. The van der Waals surface area contributed by atoms with Gasteiger partial charge in [-0.3, -0.25) is 18.7 Å². The van der Waals surface area contributed by atoms with Crippen LogP contribution in [0.1, 0.15) is 6.92 Å². The van der Waals surface area contributed by atoms with Crippen molar-refractivity contribution in [3.63, 3.8) is 0 Å². The summed E-state index contributed by atoms with van der Waals surface area (Å²) < 4.78 is 17.1. The number of anilines is 1. The SMILES string of the molecule is CCn1c(SCC(=O)Nc2nc(-c3ccc(F)cc3)cs2)nc2c1c(=O)n(C)c(=O)n2C. The second-order valence-electron chi connectivity index (χ2n) is 6.90. The molecule has 0 unspecified atom stereocenters. The molecule has 3 aromatic heterocycles. The summed E-state index contributed by atoms with van der Waals surface area (Å²) >= 11 is 2.44. The van der Waals surface area contributed by atoms with Crippen LogP contribution in [0.3, 0.4) is 0 Å². The molecule has 1 N–H and O–H groups in total. The molecule has 0 atom stereocenters. The third kappa shape index (κ3) is 3.98. The molecule has 3 heterocycles. The van der Waals surface area contributed by atoms with E-state index in [1.165, 1.54) is 46.8 Å². The van der Waals surface area contributed by atoms with Crippen LogP contribution in [-0.2, 0) is 25.4 Å². The highest BCUT2D eigenvalue weighted by atomic mass is 32.2. The topological polar surface area (TPSA) is 104 Å². The van der Waals surface area contributed by atoms with E-state index in [4.69, 9.17) is 0 Å². The van der Waals surface area contributed by atoms with Crippen molar-refractivity contribution < 1.29 is 9.18 Å². The fourth-order valence-electron chi connectivity index (χ4n) is 3.20. The van der Waals surface area contributed by atoms with Crippen LogP contribution in [0.25, 0.3) is 22.4 Å². The van der Waals surface area contributed by atoms with E-state index in [1.54, 1.807) is 29.1 Å². The molecule has 32 heavy (non-hydrogen) atoms. The smallest absolute Gasteiger partial charge is 0.313 e. The summed E-state index contributed by atoms with van der Waals surface area (Å²) in [7, 11) is 2.98. The number of nitrogens with zero attached hydrogens (tertiary/aromatic N) is 5. The zero-order chi connectivity index (χ0) is 23.0. The van der Waals surface area contributed by atoms with Crippen molar-refractivity contribution in [1.82, 2.24) is 23.7 Å². The lowest BCUT2D eigenvalue weighted by molar-refractivity contribution is -0.113. The Balaban J connectivity index is 1.50. The lowest BCUT2D eigenvalue weighted by atomic mass is 10.2. The highest BCUT2D eigenvalue weighted by Crippen LogP contribution is 2.26. The molecular formula is C20H19FN6O3S2. The first-order valence-electron chi connectivity index (χ1n) is 9.60. The lowest BCUT2D eigenvalue weighted by Gasteiger charge is -2.06. The number of carbonyl (C=O) groups is 1. The molecule has 0 bridgehead atoms.